The van der Waals surface area contributed by atoms with E-state index in [4.69, 9.17) is 0 Å². The van der Waals surface area contributed by atoms with Crippen LogP contribution in [0.15, 0.2) is 0 Å². The van der Waals surface area contributed by atoms with Crippen LogP contribution in [0.25, 0.3) is 0 Å². The molecule has 0 radical (unpaired) electrons. The number of rotatable bonds is 3. The first kappa shape index (κ1) is 9.01. The van der Waals surface area contributed by atoms with Gasteiger partial charge >= 0.3 is 0 Å². The van der Waals surface area contributed by atoms with Gasteiger partial charge in [0, 0.05) is 12.6 Å². The van der Waals surface area contributed by atoms with Crippen molar-refractivity contribution in [1.29, 1.82) is 0 Å². The lowest BCUT2D eigenvalue weighted by Crippen LogP contribution is -2.29. The number of hydrogen-bond donors (Lipinski definition) is 1. The van der Waals surface area contributed by atoms with Gasteiger partial charge in [-0.2, -0.15) is 0 Å². The van der Waals surface area contributed by atoms with Gasteiger partial charge in [-0.25, -0.2) is 0 Å². The molecule has 1 aliphatic rings. The van der Waals surface area contributed by atoms with Gasteiger partial charge < -0.3 is 5.11 Å². The minimum atomic E-state index is -0.0634. The Hall–Kier alpha value is -0.0800. The molecule has 0 aliphatic carbocycles. The van der Waals surface area contributed by atoms with Gasteiger partial charge in [-0.15, -0.1) is 0 Å². The molecule has 1 heterocycles. The first-order valence-electron chi connectivity index (χ1n) is 4.70. The molecule has 2 nitrogen and oxygen atoms in total. The third kappa shape index (κ3) is 2.17. The van der Waals surface area contributed by atoms with Crippen LogP contribution in [-0.2, 0) is 0 Å². The third-order valence-electron chi connectivity index (χ3n) is 2.53. The molecule has 1 N–H and O–H groups in total. The van der Waals surface area contributed by atoms with Crippen molar-refractivity contribution in [3.63, 3.8) is 0 Å². The molecular weight excluding hydrogens is 138 g/mol. The summed E-state index contributed by atoms with van der Waals surface area (Å²) in [6.45, 7) is 6.35. The molecular formula is C9H19NO. The van der Waals surface area contributed by atoms with Crippen LogP contribution in [-0.4, -0.2) is 35.2 Å². The Bertz CT molecular complexity index is 116. The number of hydrogen-bond acceptors (Lipinski definition) is 2. The Kier molecular flexibility index (Phi) is 3.34. The number of nitrogens with zero attached hydrogens (tertiary/aromatic N) is 1. The fourth-order valence-corrected chi connectivity index (χ4v) is 1.98. The molecule has 1 saturated heterocycles. The highest BCUT2D eigenvalue weighted by Crippen LogP contribution is 2.20. The van der Waals surface area contributed by atoms with E-state index in [1.807, 2.05) is 0 Å². The summed E-state index contributed by atoms with van der Waals surface area (Å²) in [5, 5.41) is 9.39. The van der Waals surface area contributed by atoms with Crippen LogP contribution in [0, 0.1) is 0 Å². The van der Waals surface area contributed by atoms with Crippen molar-refractivity contribution in [2.24, 2.45) is 0 Å². The maximum Gasteiger partial charge on any atom is 0.0682 e. The molecule has 2 atom stereocenters. The number of aliphatic hydroxyl groups is 1. The Morgan fingerprint density at radius 3 is 2.73 bits per heavy atom. The highest BCUT2D eigenvalue weighted by molar-refractivity contribution is 4.83. The average Bonchev–Trinajstić information content (AvgIpc) is 2.32. The van der Waals surface area contributed by atoms with Crippen molar-refractivity contribution in [3.8, 4) is 0 Å². The fraction of sp³-hybridized carbons (Fsp3) is 1.00. The smallest absolute Gasteiger partial charge is 0.0682 e. The van der Waals surface area contributed by atoms with Crippen LogP contribution < -0.4 is 0 Å². The first-order chi connectivity index (χ1) is 5.27. The predicted octanol–water partition coefficient (Wildman–Crippen LogP) is 1.24. The van der Waals surface area contributed by atoms with Crippen LogP contribution in [0.3, 0.4) is 0 Å². The van der Waals surface area contributed by atoms with Gasteiger partial charge in [-0.3, -0.25) is 4.90 Å². The second kappa shape index (κ2) is 4.07. The van der Waals surface area contributed by atoms with Crippen LogP contribution >= 0.6 is 0 Å². The molecule has 0 aromatic carbocycles. The third-order valence-corrected chi connectivity index (χ3v) is 2.53. The lowest BCUT2D eigenvalue weighted by molar-refractivity contribution is 0.177. The minimum Gasteiger partial charge on any atom is -0.392 e. The van der Waals surface area contributed by atoms with Crippen molar-refractivity contribution in [1.82, 2.24) is 4.90 Å². The van der Waals surface area contributed by atoms with Crippen molar-refractivity contribution >= 4 is 0 Å². The van der Waals surface area contributed by atoms with Crippen molar-refractivity contribution in [2.45, 2.75) is 45.3 Å². The SMILES string of the molecule is CCC[C@@H]1C[C@@H](O)CN1CC. The summed E-state index contributed by atoms with van der Waals surface area (Å²) in [6.07, 6.45) is 3.40. The number of likely N-dealkylation sites (tertiary alicyclic amines) is 1. The molecule has 1 fully saturated rings. The minimum absolute atomic E-state index is 0.0634. The van der Waals surface area contributed by atoms with Gasteiger partial charge in [0.25, 0.3) is 0 Å². The summed E-state index contributed by atoms with van der Waals surface area (Å²) in [6, 6.07) is 0.653. The average molecular weight is 157 g/mol. The largest absolute Gasteiger partial charge is 0.392 e. The molecule has 66 valence electrons. The topological polar surface area (TPSA) is 23.5 Å². The summed E-state index contributed by atoms with van der Waals surface area (Å²) >= 11 is 0. The highest BCUT2D eigenvalue weighted by Gasteiger charge is 2.28. The summed E-state index contributed by atoms with van der Waals surface area (Å²) in [5.74, 6) is 0. The van der Waals surface area contributed by atoms with Gasteiger partial charge in [0.15, 0.2) is 0 Å². The van der Waals surface area contributed by atoms with Crippen LogP contribution in [0.5, 0.6) is 0 Å². The first-order valence-corrected chi connectivity index (χ1v) is 4.70. The summed E-state index contributed by atoms with van der Waals surface area (Å²) in [7, 11) is 0. The molecule has 11 heavy (non-hydrogen) atoms. The van der Waals surface area contributed by atoms with E-state index in [1.165, 1.54) is 12.8 Å². The Balaban J connectivity index is 2.37. The van der Waals surface area contributed by atoms with Gasteiger partial charge in [-0.05, 0) is 19.4 Å². The molecule has 1 rings (SSSR count). The van der Waals surface area contributed by atoms with Gasteiger partial charge in [0.2, 0.25) is 0 Å². The molecule has 0 aromatic rings. The lowest BCUT2D eigenvalue weighted by atomic mass is 10.1. The van der Waals surface area contributed by atoms with Gasteiger partial charge in [0.05, 0.1) is 6.10 Å². The van der Waals surface area contributed by atoms with E-state index in [-0.39, 0.29) is 6.10 Å². The quantitative estimate of drug-likeness (QED) is 0.666. The Morgan fingerprint density at radius 1 is 1.45 bits per heavy atom. The fourth-order valence-electron chi connectivity index (χ4n) is 1.98. The molecule has 1 aliphatic heterocycles. The maximum atomic E-state index is 9.39. The van der Waals surface area contributed by atoms with E-state index < -0.39 is 0 Å². The second-order valence-electron chi connectivity index (χ2n) is 3.42. The maximum absolute atomic E-state index is 9.39. The van der Waals surface area contributed by atoms with E-state index in [0.717, 1.165) is 19.5 Å². The van der Waals surface area contributed by atoms with E-state index in [9.17, 15) is 5.11 Å². The van der Waals surface area contributed by atoms with Gasteiger partial charge in [-0.1, -0.05) is 20.3 Å². The molecule has 0 spiro atoms. The molecule has 0 saturated carbocycles. The van der Waals surface area contributed by atoms with Crippen molar-refractivity contribution in [2.75, 3.05) is 13.1 Å². The lowest BCUT2D eigenvalue weighted by Gasteiger charge is -2.21. The standard InChI is InChI=1S/C9H19NO/c1-3-5-8-6-9(11)7-10(8)4-2/h8-9,11H,3-7H2,1-2H3/t8-,9-/m1/s1. The molecule has 2 heteroatoms. The van der Waals surface area contributed by atoms with Gasteiger partial charge in [0.1, 0.15) is 0 Å². The van der Waals surface area contributed by atoms with E-state index in [2.05, 4.69) is 18.7 Å². The van der Waals surface area contributed by atoms with Crippen molar-refractivity contribution in [3.05, 3.63) is 0 Å². The molecule has 0 aromatic heterocycles. The summed E-state index contributed by atoms with van der Waals surface area (Å²) in [4.78, 5) is 2.38. The zero-order valence-corrected chi connectivity index (χ0v) is 7.58. The summed E-state index contributed by atoms with van der Waals surface area (Å²) in [5.41, 5.74) is 0. The predicted molar refractivity (Wildman–Crippen MR) is 46.6 cm³/mol. The zero-order valence-electron chi connectivity index (χ0n) is 7.58. The van der Waals surface area contributed by atoms with Crippen LogP contribution in [0.4, 0.5) is 0 Å². The Morgan fingerprint density at radius 2 is 2.18 bits per heavy atom. The molecule has 0 bridgehead atoms. The normalized spacial score (nSPS) is 33.0. The summed E-state index contributed by atoms with van der Waals surface area (Å²) < 4.78 is 0. The van der Waals surface area contributed by atoms with E-state index in [0.29, 0.717) is 6.04 Å². The highest BCUT2D eigenvalue weighted by atomic mass is 16.3. The van der Waals surface area contributed by atoms with Crippen molar-refractivity contribution < 1.29 is 5.11 Å². The number of aliphatic hydroxyl groups excluding tert-OH is 1. The van der Waals surface area contributed by atoms with E-state index in [1.54, 1.807) is 0 Å². The zero-order chi connectivity index (χ0) is 8.27. The molecule has 0 unspecified atom stereocenters. The number of likely N-dealkylation sites (N-methyl/N-ethyl adjacent to an activating group) is 1. The monoisotopic (exact) mass is 157 g/mol. The molecule has 0 amide bonds. The number of β-amino-alcohol motifs (C(OH)–C–C–N with tert-alkyl or cyclic N) is 1. The van der Waals surface area contributed by atoms with Crippen LogP contribution in [0.1, 0.15) is 33.1 Å². The second-order valence-corrected chi connectivity index (χ2v) is 3.42. The van der Waals surface area contributed by atoms with Crippen LogP contribution in [0.2, 0.25) is 0 Å². The van der Waals surface area contributed by atoms with E-state index >= 15 is 0 Å². The Labute approximate surface area is 69.2 Å².